The Kier molecular flexibility index (Phi) is 3.43. The van der Waals surface area contributed by atoms with Gasteiger partial charge in [-0.1, -0.05) is 12.1 Å². The van der Waals surface area contributed by atoms with Gasteiger partial charge in [0.25, 0.3) is 0 Å². The van der Waals surface area contributed by atoms with Gasteiger partial charge in [-0.15, -0.1) is 0 Å². The van der Waals surface area contributed by atoms with E-state index in [0.29, 0.717) is 6.54 Å². The van der Waals surface area contributed by atoms with Crippen LogP contribution in [-0.2, 0) is 20.1 Å². The van der Waals surface area contributed by atoms with Crippen LogP contribution in [0.4, 0.5) is 0 Å². The van der Waals surface area contributed by atoms with E-state index in [9.17, 15) is 0 Å². The van der Waals surface area contributed by atoms with Crippen molar-refractivity contribution < 1.29 is 0 Å². The molecule has 0 aliphatic rings. The molecule has 20 heavy (non-hydrogen) atoms. The summed E-state index contributed by atoms with van der Waals surface area (Å²) in [5, 5.41) is 8.76. The molecule has 1 aromatic carbocycles. The molecule has 102 valence electrons. The van der Waals surface area contributed by atoms with Gasteiger partial charge in [0.2, 0.25) is 0 Å². The summed E-state index contributed by atoms with van der Waals surface area (Å²) in [6.45, 7) is 3.47. The van der Waals surface area contributed by atoms with E-state index in [1.54, 1.807) is 11.0 Å². The average molecular weight is 267 g/mol. The Labute approximate surface area is 117 Å². The molecule has 0 radical (unpaired) electrons. The lowest BCUT2D eigenvalue weighted by molar-refractivity contribution is 0.649. The molecule has 0 aliphatic heterocycles. The SMILES string of the molecule is Cc1ccc2cc(CNCc3ncn(C)n3)ccc2n1. The summed E-state index contributed by atoms with van der Waals surface area (Å²) in [7, 11) is 1.87. The van der Waals surface area contributed by atoms with Crippen LogP contribution in [0.15, 0.2) is 36.7 Å². The molecule has 3 rings (SSSR count). The Morgan fingerprint density at radius 3 is 2.85 bits per heavy atom. The van der Waals surface area contributed by atoms with Crippen LogP contribution in [-0.4, -0.2) is 19.7 Å². The second kappa shape index (κ2) is 5.38. The standard InChI is InChI=1S/C15H17N5/c1-11-3-5-13-7-12(4-6-14(13)18-11)8-16-9-15-17-10-20(2)19-15/h3-7,10,16H,8-9H2,1-2H3. The van der Waals surface area contributed by atoms with E-state index in [0.717, 1.165) is 23.6 Å². The van der Waals surface area contributed by atoms with Crippen LogP contribution in [0.5, 0.6) is 0 Å². The van der Waals surface area contributed by atoms with Gasteiger partial charge in [0.05, 0.1) is 12.1 Å². The number of aromatic nitrogens is 4. The lowest BCUT2D eigenvalue weighted by Gasteiger charge is -2.05. The van der Waals surface area contributed by atoms with E-state index in [1.165, 1.54) is 10.9 Å². The first-order chi connectivity index (χ1) is 9.70. The summed E-state index contributed by atoms with van der Waals surface area (Å²) in [4.78, 5) is 8.69. The number of benzene rings is 1. The van der Waals surface area contributed by atoms with Gasteiger partial charge in [-0.25, -0.2) is 4.98 Å². The first-order valence-corrected chi connectivity index (χ1v) is 6.62. The number of rotatable bonds is 4. The van der Waals surface area contributed by atoms with Crippen molar-refractivity contribution in [2.45, 2.75) is 20.0 Å². The highest BCUT2D eigenvalue weighted by atomic mass is 15.3. The minimum atomic E-state index is 0.672. The number of pyridine rings is 1. The molecule has 0 saturated carbocycles. The maximum Gasteiger partial charge on any atom is 0.164 e. The van der Waals surface area contributed by atoms with Gasteiger partial charge in [0.1, 0.15) is 6.33 Å². The summed E-state index contributed by atoms with van der Waals surface area (Å²) in [5.41, 5.74) is 3.32. The third kappa shape index (κ3) is 2.83. The number of aryl methyl sites for hydroxylation is 2. The zero-order valence-electron chi connectivity index (χ0n) is 11.7. The van der Waals surface area contributed by atoms with Crippen molar-refractivity contribution in [1.29, 1.82) is 0 Å². The number of hydrogen-bond donors (Lipinski definition) is 1. The molecule has 0 atom stereocenters. The Morgan fingerprint density at radius 1 is 1.15 bits per heavy atom. The molecule has 1 N–H and O–H groups in total. The fraction of sp³-hybridized carbons (Fsp3) is 0.267. The van der Waals surface area contributed by atoms with E-state index in [2.05, 4.69) is 44.6 Å². The van der Waals surface area contributed by atoms with Crippen molar-refractivity contribution in [1.82, 2.24) is 25.1 Å². The predicted octanol–water partition coefficient (Wildman–Crippen LogP) is 1.96. The van der Waals surface area contributed by atoms with Gasteiger partial charge in [-0.3, -0.25) is 9.67 Å². The summed E-state index contributed by atoms with van der Waals surface area (Å²) in [6, 6.07) is 10.5. The molecule has 0 bridgehead atoms. The van der Waals surface area contributed by atoms with Crippen LogP contribution in [0.25, 0.3) is 10.9 Å². The molecule has 2 heterocycles. The molecule has 2 aromatic heterocycles. The minimum absolute atomic E-state index is 0.672. The zero-order chi connectivity index (χ0) is 13.9. The first kappa shape index (κ1) is 12.7. The molecule has 0 aliphatic carbocycles. The number of fused-ring (bicyclic) bond motifs is 1. The van der Waals surface area contributed by atoms with E-state index in [4.69, 9.17) is 0 Å². The number of hydrogen-bond acceptors (Lipinski definition) is 4. The van der Waals surface area contributed by atoms with Gasteiger partial charge in [0.15, 0.2) is 5.82 Å². The number of nitrogens with one attached hydrogen (secondary N) is 1. The van der Waals surface area contributed by atoms with E-state index >= 15 is 0 Å². The highest BCUT2D eigenvalue weighted by Gasteiger charge is 2.00. The third-order valence-corrected chi connectivity index (χ3v) is 3.15. The second-order valence-corrected chi connectivity index (χ2v) is 4.92. The van der Waals surface area contributed by atoms with Gasteiger partial charge in [-0.2, -0.15) is 5.10 Å². The van der Waals surface area contributed by atoms with Gasteiger partial charge >= 0.3 is 0 Å². The van der Waals surface area contributed by atoms with Crippen molar-refractivity contribution >= 4 is 10.9 Å². The van der Waals surface area contributed by atoms with Crippen LogP contribution in [0.1, 0.15) is 17.1 Å². The third-order valence-electron chi connectivity index (χ3n) is 3.15. The summed E-state index contributed by atoms with van der Waals surface area (Å²) in [5.74, 6) is 0.811. The average Bonchev–Trinajstić information content (AvgIpc) is 2.85. The molecule has 5 nitrogen and oxygen atoms in total. The Balaban J connectivity index is 1.67. The quantitative estimate of drug-likeness (QED) is 0.785. The van der Waals surface area contributed by atoms with E-state index < -0.39 is 0 Å². The summed E-state index contributed by atoms with van der Waals surface area (Å²) in [6.07, 6.45) is 1.71. The first-order valence-electron chi connectivity index (χ1n) is 6.62. The fourth-order valence-corrected chi connectivity index (χ4v) is 2.17. The molecule has 0 saturated heterocycles. The maximum absolute atomic E-state index is 4.50. The molecule has 0 amide bonds. The van der Waals surface area contributed by atoms with Crippen molar-refractivity contribution in [2.24, 2.45) is 7.05 Å². The van der Waals surface area contributed by atoms with Crippen molar-refractivity contribution in [3.63, 3.8) is 0 Å². The predicted molar refractivity (Wildman–Crippen MR) is 78.0 cm³/mol. The zero-order valence-corrected chi connectivity index (χ0v) is 11.7. The normalized spacial score (nSPS) is 11.1. The highest BCUT2D eigenvalue weighted by molar-refractivity contribution is 5.79. The van der Waals surface area contributed by atoms with Gasteiger partial charge in [-0.05, 0) is 30.7 Å². The Morgan fingerprint density at radius 2 is 2.05 bits per heavy atom. The molecular formula is C15H17N5. The Bertz CT molecular complexity index is 732. The van der Waals surface area contributed by atoms with Crippen molar-refractivity contribution in [2.75, 3.05) is 0 Å². The van der Waals surface area contributed by atoms with Crippen LogP contribution in [0, 0.1) is 6.92 Å². The monoisotopic (exact) mass is 267 g/mol. The molecule has 0 fully saturated rings. The lowest BCUT2D eigenvalue weighted by atomic mass is 10.1. The topological polar surface area (TPSA) is 55.6 Å². The smallest absolute Gasteiger partial charge is 0.164 e. The molecular weight excluding hydrogens is 250 g/mol. The molecule has 3 aromatic rings. The second-order valence-electron chi connectivity index (χ2n) is 4.92. The largest absolute Gasteiger partial charge is 0.306 e. The lowest BCUT2D eigenvalue weighted by Crippen LogP contribution is -2.14. The Hall–Kier alpha value is -2.27. The maximum atomic E-state index is 4.50. The fourth-order valence-electron chi connectivity index (χ4n) is 2.17. The van der Waals surface area contributed by atoms with Gasteiger partial charge < -0.3 is 5.32 Å². The highest BCUT2D eigenvalue weighted by Crippen LogP contribution is 2.14. The van der Waals surface area contributed by atoms with Crippen LogP contribution < -0.4 is 5.32 Å². The minimum Gasteiger partial charge on any atom is -0.306 e. The van der Waals surface area contributed by atoms with Crippen molar-refractivity contribution in [3.8, 4) is 0 Å². The number of nitrogens with zero attached hydrogens (tertiary/aromatic N) is 4. The van der Waals surface area contributed by atoms with Crippen molar-refractivity contribution in [3.05, 3.63) is 53.7 Å². The van der Waals surface area contributed by atoms with Gasteiger partial charge in [0, 0.05) is 24.7 Å². The summed E-state index contributed by atoms with van der Waals surface area (Å²) < 4.78 is 1.71. The molecule has 0 unspecified atom stereocenters. The van der Waals surface area contributed by atoms with Crippen LogP contribution >= 0.6 is 0 Å². The summed E-state index contributed by atoms with van der Waals surface area (Å²) >= 11 is 0. The molecule has 5 heteroatoms. The van der Waals surface area contributed by atoms with E-state index in [1.807, 2.05) is 20.0 Å². The van der Waals surface area contributed by atoms with Crippen LogP contribution in [0.3, 0.4) is 0 Å². The van der Waals surface area contributed by atoms with Crippen LogP contribution in [0.2, 0.25) is 0 Å². The molecule has 0 spiro atoms. The van der Waals surface area contributed by atoms with E-state index in [-0.39, 0.29) is 0 Å².